The third-order valence-corrected chi connectivity index (χ3v) is 11.6. The summed E-state index contributed by atoms with van der Waals surface area (Å²) >= 11 is 5.95. The first-order valence-electron chi connectivity index (χ1n) is 13.6. The third kappa shape index (κ3) is 5.98. The van der Waals surface area contributed by atoms with Crippen LogP contribution < -0.4 is 14.8 Å². The highest BCUT2D eigenvalue weighted by Gasteiger charge is 2.81. The summed E-state index contributed by atoms with van der Waals surface area (Å²) in [6, 6.07) is 26.3. The summed E-state index contributed by atoms with van der Waals surface area (Å²) in [5, 5.41) is 13.6. The SMILES string of the molecule is CC(N[C@]1(c2cccc(Oc3ccccc3)c2)C[C@@]1(C(=O)O)S(=O)(=O)c1ccc(-c2ccc(Cl)cc2)cc1)NS(=O)(=O)C(F)(F)F. The molecule has 1 aliphatic rings. The van der Waals surface area contributed by atoms with Crippen molar-refractivity contribution in [3.05, 3.63) is 114 Å². The van der Waals surface area contributed by atoms with Gasteiger partial charge in [-0.3, -0.25) is 10.1 Å². The van der Waals surface area contributed by atoms with Gasteiger partial charge >= 0.3 is 21.5 Å². The van der Waals surface area contributed by atoms with Crippen molar-refractivity contribution >= 4 is 37.4 Å². The highest BCUT2D eigenvalue weighted by Crippen LogP contribution is 2.63. The van der Waals surface area contributed by atoms with Crippen LogP contribution >= 0.6 is 11.6 Å². The molecule has 0 aliphatic heterocycles. The number of ether oxygens (including phenoxy) is 1. The minimum Gasteiger partial charge on any atom is -0.480 e. The Morgan fingerprint density at radius 1 is 0.870 bits per heavy atom. The second-order valence-corrected chi connectivity index (χ2v) is 14.9. The zero-order chi connectivity index (χ0) is 33.5. The van der Waals surface area contributed by atoms with Gasteiger partial charge in [0.1, 0.15) is 11.5 Å². The largest absolute Gasteiger partial charge is 0.511 e. The molecule has 0 heterocycles. The molecular formula is C31H26ClF3N2O7S2. The molecule has 3 atom stereocenters. The number of benzene rings is 4. The normalized spacial score (nSPS) is 20.5. The Hall–Kier alpha value is -3.95. The van der Waals surface area contributed by atoms with Crippen molar-refractivity contribution in [2.45, 2.75) is 40.2 Å². The number of aliphatic carboxylic acids is 1. The van der Waals surface area contributed by atoms with Crippen LogP contribution in [-0.4, -0.2) is 44.3 Å². The number of carbonyl (C=O) groups is 1. The van der Waals surface area contributed by atoms with E-state index in [9.17, 15) is 39.9 Å². The molecule has 0 saturated heterocycles. The van der Waals surface area contributed by atoms with E-state index in [1.165, 1.54) is 53.3 Å². The molecule has 3 N–H and O–H groups in total. The lowest BCUT2D eigenvalue weighted by molar-refractivity contribution is -0.138. The second-order valence-electron chi connectivity index (χ2n) is 10.6. The number of carboxylic acids is 1. The Bertz CT molecular complexity index is 1980. The van der Waals surface area contributed by atoms with Crippen LogP contribution in [0, 0.1) is 0 Å². The number of nitrogens with one attached hydrogen (secondary N) is 2. The Balaban J connectivity index is 1.59. The number of sulfonamides is 1. The fourth-order valence-electron chi connectivity index (χ4n) is 5.43. The van der Waals surface area contributed by atoms with Gasteiger partial charge in [-0.1, -0.05) is 66.2 Å². The second kappa shape index (κ2) is 12.0. The minimum absolute atomic E-state index is 0.0303. The van der Waals surface area contributed by atoms with Crippen LogP contribution in [0.4, 0.5) is 13.2 Å². The molecule has 46 heavy (non-hydrogen) atoms. The molecule has 9 nitrogen and oxygen atoms in total. The van der Waals surface area contributed by atoms with E-state index in [0.29, 0.717) is 21.9 Å². The zero-order valence-electron chi connectivity index (χ0n) is 23.8. The van der Waals surface area contributed by atoms with Crippen LogP contribution in [0.5, 0.6) is 11.5 Å². The third-order valence-electron chi connectivity index (χ3n) is 7.63. The summed E-state index contributed by atoms with van der Waals surface area (Å²) in [5.41, 5.74) is -6.42. The summed E-state index contributed by atoms with van der Waals surface area (Å²) in [5.74, 6) is -1.21. The summed E-state index contributed by atoms with van der Waals surface area (Å²) < 4.78 is 96.5. The number of rotatable bonds is 11. The van der Waals surface area contributed by atoms with Crippen molar-refractivity contribution in [1.82, 2.24) is 10.0 Å². The fraction of sp³-hybridized carbons (Fsp3) is 0.194. The average molecular weight is 695 g/mol. The van der Waals surface area contributed by atoms with Crippen LogP contribution in [-0.2, 0) is 30.2 Å². The summed E-state index contributed by atoms with van der Waals surface area (Å²) in [6.07, 6.45) is -2.42. The molecule has 0 bridgehead atoms. The maximum Gasteiger partial charge on any atom is 0.511 e. The lowest BCUT2D eigenvalue weighted by Gasteiger charge is -2.29. The van der Waals surface area contributed by atoms with E-state index in [1.807, 2.05) is 0 Å². The topological polar surface area (TPSA) is 139 Å². The Labute approximate surface area is 268 Å². The van der Waals surface area contributed by atoms with Gasteiger partial charge in [0.2, 0.25) is 0 Å². The van der Waals surface area contributed by atoms with E-state index in [4.69, 9.17) is 16.3 Å². The van der Waals surface area contributed by atoms with E-state index >= 15 is 0 Å². The van der Waals surface area contributed by atoms with E-state index in [2.05, 4.69) is 5.32 Å². The zero-order valence-corrected chi connectivity index (χ0v) is 26.2. The number of halogens is 4. The number of hydrogen-bond acceptors (Lipinski definition) is 7. The van der Waals surface area contributed by atoms with Gasteiger partial charge in [0, 0.05) is 11.4 Å². The first kappa shape index (κ1) is 33.4. The van der Waals surface area contributed by atoms with Crippen LogP contribution in [0.25, 0.3) is 11.1 Å². The molecule has 1 saturated carbocycles. The van der Waals surface area contributed by atoms with E-state index < -0.39 is 54.2 Å². The average Bonchev–Trinajstić information content (AvgIpc) is 3.69. The molecule has 1 unspecified atom stereocenters. The molecule has 1 fully saturated rings. The fourth-order valence-corrected chi connectivity index (χ4v) is 8.38. The first-order chi connectivity index (χ1) is 21.5. The van der Waals surface area contributed by atoms with Gasteiger partial charge in [0.15, 0.2) is 14.6 Å². The van der Waals surface area contributed by atoms with Gasteiger partial charge < -0.3 is 9.84 Å². The standard InChI is InChI=1S/C31H26ClF3N2O7S2/c1-20(37-46(42,43)31(33,34)35)36-29(23-6-5-9-26(18-23)44-25-7-3-2-4-8-25)19-30(29,28(38)39)45(40,41)27-16-12-22(13-17-27)21-10-14-24(32)15-11-21/h2-18,20,36-37H,19H2,1H3,(H,38,39)/t20?,29-,30-/m0/s1. The highest BCUT2D eigenvalue weighted by molar-refractivity contribution is 7.94. The molecule has 1 aliphatic carbocycles. The number of carboxylic acid groups (broad SMARTS) is 1. The number of para-hydroxylation sites is 1. The van der Waals surface area contributed by atoms with Gasteiger partial charge in [0.05, 0.1) is 16.6 Å². The highest BCUT2D eigenvalue weighted by atomic mass is 35.5. The summed E-state index contributed by atoms with van der Waals surface area (Å²) in [4.78, 5) is 12.7. The van der Waals surface area contributed by atoms with Crippen molar-refractivity contribution in [3.63, 3.8) is 0 Å². The molecule has 0 amide bonds. The van der Waals surface area contributed by atoms with Gasteiger partial charge in [-0.15, -0.1) is 0 Å². The lowest BCUT2D eigenvalue weighted by atomic mass is 10.0. The van der Waals surface area contributed by atoms with E-state index in [-0.39, 0.29) is 16.2 Å². The molecular weight excluding hydrogens is 669 g/mol. The predicted octanol–water partition coefficient (Wildman–Crippen LogP) is 6.07. The minimum atomic E-state index is -5.89. The van der Waals surface area contributed by atoms with Gasteiger partial charge in [-0.25, -0.2) is 16.8 Å². The molecule has 4 aromatic rings. The Morgan fingerprint density at radius 3 is 2.00 bits per heavy atom. The van der Waals surface area contributed by atoms with Crippen LogP contribution in [0.15, 0.2) is 108 Å². The van der Waals surface area contributed by atoms with Crippen LogP contribution in [0.3, 0.4) is 0 Å². The number of hydrogen-bond donors (Lipinski definition) is 3. The maximum atomic E-state index is 14.3. The quantitative estimate of drug-likeness (QED) is 0.161. The molecule has 0 aromatic heterocycles. The van der Waals surface area contributed by atoms with Crippen molar-refractivity contribution in [3.8, 4) is 22.6 Å². The molecule has 242 valence electrons. The Morgan fingerprint density at radius 2 is 1.43 bits per heavy atom. The molecule has 4 aromatic carbocycles. The smallest absolute Gasteiger partial charge is 0.480 e. The molecule has 0 radical (unpaired) electrons. The first-order valence-corrected chi connectivity index (χ1v) is 16.9. The van der Waals surface area contributed by atoms with Crippen molar-refractivity contribution in [1.29, 1.82) is 0 Å². The predicted molar refractivity (Wildman–Crippen MR) is 164 cm³/mol. The van der Waals surface area contributed by atoms with Crippen molar-refractivity contribution in [2.75, 3.05) is 0 Å². The van der Waals surface area contributed by atoms with E-state index in [0.717, 1.165) is 6.92 Å². The van der Waals surface area contributed by atoms with Crippen molar-refractivity contribution < 1.29 is 44.6 Å². The monoisotopic (exact) mass is 694 g/mol. The van der Waals surface area contributed by atoms with Gasteiger partial charge in [-0.2, -0.15) is 17.9 Å². The van der Waals surface area contributed by atoms with E-state index in [1.54, 1.807) is 54.6 Å². The van der Waals surface area contributed by atoms with Crippen LogP contribution in [0.1, 0.15) is 18.9 Å². The van der Waals surface area contributed by atoms with Crippen LogP contribution in [0.2, 0.25) is 5.02 Å². The number of alkyl halides is 3. The van der Waals surface area contributed by atoms with Gasteiger partial charge in [-0.05, 0) is 72.1 Å². The Kier molecular flexibility index (Phi) is 8.72. The summed E-state index contributed by atoms with van der Waals surface area (Å²) in [6.45, 7) is 1.01. The maximum absolute atomic E-state index is 14.3. The molecule has 0 spiro atoms. The molecule has 5 rings (SSSR count). The number of sulfone groups is 1. The van der Waals surface area contributed by atoms with Crippen molar-refractivity contribution in [2.24, 2.45) is 0 Å². The molecule has 15 heteroatoms. The summed E-state index contributed by atoms with van der Waals surface area (Å²) in [7, 11) is -10.7. The van der Waals surface area contributed by atoms with Gasteiger partial charge in [0.25, 0.3) is 0 Å². The lowest BCUT2D eigenvalue weighted by Crippen LogP contribution is -2.55.